The van der Waals surface area contributed by atoms with Crippen LogP contribution in [0, 0.1) is 12.7 Å². The molecular formula is C29H38FN7O2. The normalized spacial score (nSPS) is 14.8. The molecule has 0 unspecified atom stereocenters. The lowest BCUT2D eigenvalue weighted by Gasteiger charge is -2.31. The van der Waals surface area contributed by atoms with Crippen LogP contribution >= 0.6 is 0 Å². The lowest BCUT2D eigenvalue weighted by Crippen LogP contribution is -2.49. The number of benzene rings is 2. The molecule has 3 aromatic rings. The monoisotopic (exact) mass is 535 g/mol. The molecule has 39 heavy (non-hydrogen) atoms. The molecule has 0 fully saturated rings. The van der Waals surface area contributed by atoms with E-state index in [2.05, 4.69) is 21.4 Å². The van der Waals surface area contributed by atoms with Crippen LogP contribution in [0.1, 0.15) is 42.1 Å². The molecule has 0 saturated heterocycles. The average Bonchev–Trinajstić information content (AvgIpc) is 3.51. The summed E-state index contributed by atoms with van der Waals surface area (Å²) in [6.45, 7) is 7.84. The van der Waals surface area contributed by atoms with Crippen molar-refractivity contribution < 1.29 is 14.0 Å². The molecule has 3 heterocycles. The van der Waals surface area contributed by atoms with Gasteiger partial charge in [0.15, 0.2) is 0 Å². The molecule has 0 radical (unpaired) electrons. The van der Waals surface area contributed by atoms with E-state index < -0.39 is 0 Å². The number of aromatic nitrogens is 2. The molecule has 0 atom stereocenters. The molecule has 5 rings (SSSR count). The molecule has 208 valence electrons. The van der Waals surface area contributed by atoms with Gasteiger partial charge in [0.05, 0.1) is 12.1 Å². The van der Waals surface area contributed by atoms with Crippen molar-refractivity contribution in [2.45, 2.75) is 52.7 Å². The van der Waals surface area contributed by atoms with Crippen LogP contribution in [0.3, 0.4) is 0 Å². The van der Waals surface area contributed by atoms with E-state index >= 15 is 0 Å². The summed E-state index contributed by atoms with van der Waals surface area (Å²) in [5.74, 6) is -0.612. The highest BCUT2D eigenvalue weighted by Crippen LogP contribution is 2.29. The molecule has 0 saturated carbocycles. The van der Waals surface area contributed by atoms with Gasteiger partial charge in [-0.05, 0) is 73.7 Å². The number of rotatable bonds is 10. The van der Waals surface area contributed by atoms with Gasteiger partial charge >= 0.3 is 0 Å². The molecule has 9 nitrogen and oxygen atoms in total. The second kappa shape index (κ2) is 11.7. The molecule has 10 heteroatoms. The zero-order valence-corrected chi connectivity index (χ0v) is 23.1. The van der Waals surface area contributed by atoms with Crippen LogP contribution in [0.4, 0.5) is 10.1 Å². The standard InChI is InChI=1S/C29H38FN7O2/c1-4-31-10-12-35(19-29(39)34(3)36-17-21-8-9-23(30)14-22(21)18-36)28(38)16-32-25-15-26-24(13-20(25)2)27-7-5-6-11-37(27)33-26/h8-9,13-15,31-32H,4-7,10-12,16-19H2,1-3H3. The SMILES string of the molecule is CCNCCN(CC(=O)N(C)N1Cc2ccc(F)cc2C1)C(=O)CNc1cc2nn3c(c2cc1C)CCCC3. The molecule has 2 amide bonds. The topological polar surface area (TPSA) is 85.7 Å². The molecule has 2 aromatic carbocycles. The Labute approximate surface area is 228 Å². The van der Waals surface area contributed by atoms with Crippen molar-refractivity contribution in [1.82, 2.24) is 30.0 Å². The number of anilines is 1. The van der Waals surface area contributed by atoms with Gasteiger partial charge in [0.1, 0.15) is 12.4 Å². The Morgan fingerprint density at radius 2 is 1.92 bits per heavy atom. The number of halogens is 1. The minimum absolute atomic E-state index is 0.0323. The first kappa shape index (κ1) is 27.1. The van der Waals surface area contributed by atoms with Gasteiger partial charge < -0.3 is 15.5 Å². The Balaban J connectivity index is 1.23. The smallest absolute Gasteiger partial charge is 0.256 e. The first-order valence-electron chi connectivity index (χ1n) is 13.8. The summed E-state index contributed by atoms with van der Waals surface area (Å²) in [5.41, 5.74) is 6.07. The summed E-state index contributed by atoms with van der Waals surface area (Å²) in [5, 5.41) is 15.9. The van der Waals surface area contributed by atoms with Crippen molar-refractivity contribution in [1.29, 1.82) is 0 Å². The predicted octanol–water partition coefficient (Wildman–Crippen LogP) is 3.06. The number of hydrogen-bond acceptors (Lipinski definition) is 6. The maximum Gasteiger partial charge on any atom is 0.256 e. The van der Waals surface area contributed by atoms with Gasteiger partial charge in [0, 0.05) is 56.5 Å². The van der Waals surface area contributed by atoms with E-state index in [4.69, 9.17) is 5.10 Å². The number of nitrogens with one attached hydrogen (secondary N) is 2. The fourth-order valence-electron chi connectivity index (χ4n) is 5.48. The maximum absolute atomic E-state index is 13.6. The van der Waals surface area contributed by atoms with Crippen LogP contribution in [0.2, 0.25) is 0 Å². The van der Waals surface area contributed by atoms with E-state index in [1.54, 1.807) is 23.0 Å². The molecule has 1 aromatic heterocycles. The Morgan fingerprint density at radius 3 is 2.74 bits per heavy atom. The minimum atomic E-state index is -0.279. The fraction of sp³-hybridized carbons (Fsp3) is 0.483. The molecule has 2 aliphatic rings. The van der Waals surface area contributed by atoms with Gasteiger partial charge in [0.25, 0.3) is 5.91 Å². The van der Waals surface area contributed by atoms with Crippen molar-refractivity contribution in [3.63, 3.8) is 0 Å². The third kappa shape index (κ3) is 5.91. The van der Waals surface area contributed by atoms with Crippen LogP contribution in [-0.4, -0.2) is 76.3 Å². The highest BCUT2D eigenvalue weighted by Gasteiger charge is 2.27. The molecule has 0 bridgehead atoms. The van der Waals surface area contributed by atoms with Gasteiger partial charge in [-0.1, -0.05) is 13.0 Å². The average molecular weight is 536 g/mol. The fourth-order valence-corrected chi connectivity index (χ4v) is 5.48. The zero-order chi connectivity index (χ0) is 27.5. The molecular weight excluding hydrogens is 497 g/mol. The Kier molecular flexibility index (Phi) is 8.13. The summed E-state index contributed by atoms with van der Waals surface area (Å²) < 4.78 is 15.8. The number of hydrazine groups is 1. The maximum atomic E-state index is 13.6. The third-order valence-corrected chi connectivity index (χ3v) is 7.80. The summed E-state index contributed by atoms with van der Waals surface area (Å²) in [6, 6.07) is 8.91. The number of aryl methyl sites for hydroxylation is 3. The van der Waals surface area contributed by atoms with Crippen molar-refractivity contribution in [2.75, 3.05) is 45.1 Å². The first-order valence-corrected chi connectivity index (χ1v) is 13.8. The largest absolute Gasteiger partial charge is 0.376 e. The second-order valence-electron chi connectivity index (χ2n) is 10.5. The predicted molar refractivity (Wildman–Crippen MR) is 149 cm³/mol. The molecule has 0 spiro atoms. The van der Waals surface area contributed by atoms with E-state index in [1.165, 1.54) is 29.6 Å². The summed E-state index contributed by atoms with van der Waals surface area (Å²) >= 11 is 0. The van der Waals surface area contributed by atoms with E-state index in [9.17, 15) is 14.0 Å². The number of likely N-dealkylation sites (N-methyl/N-ethyl adjacent to an activating group) is 2. The third-order valence-electron chi connectivity index (χ3n) is 7.80. The number of hydrogen-bond donors (Lipinski definition) is 2. The van der Waals surface area contributed by atoms with Crippen molar-refractivity contribution >= 4 is 28.4 Å². The molecule has 2 N–H and O–H groups in total. The number of carbonyl (C=O) groups is 2. The van der Waals surface area contributed by atoms with Gasteiger partial charge in [0.2, 0.25) is 5.91 Å². The van der Waals surface area contributed by atoms with Crippen molar-refractivity contribution in [2.24, 2.45) is 0 Å². The van der Waals surface area contributed by atoms with Crippen molar-refractivity contribution in [3.05, 3.63) is 58.5 Å². The van der Waals surface area contributed by atoms with E-state index in [0.717, 1.165) is 53.8 Å². The van der Waals surface area contributed by atoms with Crippen LogP contribution in [0.25, 0.3) is 10.9 Å². The Bertz CT molecular complexity index is 1370. The molecule has 2 aliphatic heterocycles. The second-order valence-corrected chi connectivity index (χ2v) is 10.5. The summed E-state index contributed by atoms with van der Waals surface area (Å²) in [7, 11) is 1.71. The van der Waals surface area contributed by atoms with Gasteiger partial charge in [-0.15, -0.1) is 0 Å². The quantitative estimate of drug-likeness (QED) is 0.388. The van der Waals surface area contributed by atoms with Crippen molar-refractivity contribution in [3.8, 4) is 0 Å². The summed E-state index contributed by atoms with van der Waals surface area (Å²) in [6.07, 6.45) is 3.39. The lowest BCUT2D eigenvalue weighted by atomic mass is 10.0. The van der Waals surface area contributed by atoms with E-state index in [1.807, 2.05) is 24.9 Å². The van der Waals surface area contributed by atoms with Crippen LogP contribution < -0.4 is 10.6 Å². The van der Waals surface area contributed by atoms with Crippen LogP contribution in [0.5, 0.6) is 0 Å². The zero-order valence-electron chi connectivity index (χ0n) is 23.1. The van der Waals surface area contributed by atoms with Gasteiger partial charge in [-0.2, -0.15) is 5.10 Å². The summed E-state index contributed by atoms with van der Waals surface area (Å²) in [4.78, 5) is 28.2. The van der Waals surface area contributed by atoms with Crippen LogP contribution in [0.15, 0.2) is 30.3 Å². The van der Waals surface area contributed by atoms with Gasteiger partial charge in [-0.25, -0.2) is 9.40 Å². The van der Waals surface area contributed by atoms with E-state index in [0.29, 0.717) is 26.2 Å². The first-order chi connectivity index (χ1) is 18.8. The number of carbonyl (C=O) groups excluding carboxylic acids is 2. The minimum Gasteiger partial charge on any atom is -0.376 e. The Morgan fingerprint density at radius 1 is 1.10 bits per heavy atom. The Hall–Kier alpha value is -3.50. The number of amides is 2. The number of fused-ring (bicyclic) bond motifs is 4. The van der Waals surface area contributed by atoms with E-state index in [-0.39, 0.29) is 30.7 Å². The lowest BCUT2D eigenvalue weighted by molar-refractivity contribution is -0.151. The van der Waals surface area contributed by atoms with Crippen LogP contribution in [-0.2, 0) is 35.6 Å². The molecule has 0 aliphatic carbocycles. The van der Waals surface area contributed by atoms with Gasteiger partial charge in [-0.3, -0.25) is 19.3 Å². The highest BCUT2D eigenvalue weighted by atomic mass is 19.1. The highest BCUT2D eigenvalue weighted by molar-refractivity contribution is 5.89. The number of nitrogens with zero attached hydrogens (tertiary/aromatic N) is 5.